The highest BCUT2D eigenvalue weighted by atomic mass is 32.2. The molecule has 2 heterocycles. The molecule has 0 atom stereocenters. The number of para-hydroxylation sites is 2. The van der Waals surface area contributed by atoms with Crippen molar-refractivity contribution < 1.29 is 30.5 Å². The lowest BCUT2D eigenvalue weighted by Gasteiger charge is -2.30. The van der Waals surface area contributed by atoms with Crippen LogP contribution >= 0.6 is 23.1 Å². The summed E-state index contributed by atoms with van der Waals surface area (Å²) in [4.78, 5) is 3.21. The van der Waals surface area contributed by atoms with Gasteiger partial charge in [-0.05, 0) is 60.1 Å². The lowest BCUT2D eigenvalue weighted by molar-refractivity contribution is -0.668. The summed E-state index contributed by atoms with van der Waals surface area (Å²) in [7, 11) is -8.04. The van der Waals surface area contributed by atoms with Crippen LogP contribution in [0.2, 0.25) is 0 Å². The van der Waals surface area contributed by atoms with E-state index < -0.39 is 20.2 Å². The number of fused-ring (bicyclic) bond motifs is 2. The van der Waals surface area contributed by atoms with E-state index >= 15 is 0 Å². The van der Waals surface area contributed by atoms with Gasteiger partial charge in [-0.25, -0.2) is 0 Å². The van der Waals surface area contributed by atoms with Gasteiger partial charge in [0, 0.05) is 30.0 Å². The van der Waals surface area contributed by atoms with Crippen molar-refractivity contribution in [1.82, 2.24) is 0 Å². The van der Waals surface area contributed by atoms with Crippen molar-refractivity contribution in [2.75, 3.05) is 23.0 Å². The minimum Gasteiger partial charge on any atom is -0.335 e. The Labute approximate surface area is 268 Å². The first-order chi connectivity index (χ1) is 20.8. The van der Waals surface area contributed by atoms with Crippen LogP contribution < -0.4 is 9.47 Å². The molecule has 3 aromatic rings. The molecule has 0 bridgehead atoms. The van der Waals surface area contributed by atoms with E-state index in [1.807, 2.05) is 48.5 Å². The summed E-state index contributed by atoms with van der Waals surface area (Å²) in [6.07, 6.45) is 13.1. The van der Waals surface area contributed by atoms with Crippen LogP contribution in [0.25, 0.3) is 16.3 Å². The SMILES string of the molecule is CC1(C)CC(C=CC=C2Sc3ccccc3N2CCCS(=O)(=O)O)=CC(=Cc2sc3ccccc3[n+]2CCCS(=O)(=O)O)C1. The number of hydrogen-bond donors (Lipinski definition) is 2. The Kier molecular flexibility index (Phi) is 9.88. The smallest absolute Gasteiger partial charge is 0.265 e. The van der Waals surface area contributed by atoms with Gasteiger partial charge in [0.25, 0.3) is 25.2 Å². The van der Waals surface area contributed by atoms with Gasteiger partial charge in [-0.1, -0.05) is 79.4 Å². The topological polar surface area (TPSA) is 116 Å². The average Bonchev–Trinajstić information content (AvgIpc) is 3.44. The number of anilines is 1. The maximum Gasteiger partial charge on any atom is 0.265 e. The standard InChI is InChI=1S/C32H36N2O6S4/c1-32(2)22-24(10-7-15-30-33(16-8-18-43(35,36)37)26-11-3-5-13-28(26)41-30)20-25(23-32)21-31-34(17-9-19-44(38,39)40)27-12-4-6-14-29(27)42-31/h3-7,10-15,20-21H,8-9,16-19,22-23H2,1-2H3,(H-,35,36,37,38,39,40)/p+1. The number of allylic oxidation sites excluding steroid dienone is 6. The Morgan fingerprint density at radius 2 is 1.66 bits per heavy atom. The van der Waals surface area contributed by atoms with Crippen LogP contribution in [-0.4, -0.2) is 44.0 Å². The first-order valence-corrected chi connectivity index (χ1v) is 19.3. The second-order valence-electron chi connectivity index (χ2n) is 11.9. The molecule has 0 unspecified atom stereocenters. The van der Waals surface area contributed by atoms with Gasteiger partial charge in [0.05, 0.1) is 22.2 Å². The minimum absolute atomic E-state index is 0.0417. The van der Waals surface area contributed by atoms with Crippen molar-refractivity contribution in [2.24, 2.45) is 5.41 Å². The number of nitrogens with zero attached hydrogens (tertiary/aromatic N) is 2. The van der Waals surface area contributed by atoms with Crippen LogP contribution in [0.3, 0.4) is 0 Å². The van der Waals surface area contributed by atoms with Gasteiger partial charge in [-0.3, -0.25) is 9.11 Å². The number of aryl methyl sites for hydroxylation is 1. The normalized spacial score (nSPS) is 18.9. The fourth-order valence-electron chi connectivity index (χ4n) is 5.73. The van der Waals surface area contributed by atoms with Gasteiger partial charge in [0.15, 0.2) is 6.54 Å². The predicted octanol–water partition coefficient (Wildman–Crippen LogP) is 6.88. The van der Waals surface area contributed by atoms with Crippen LogP contribution in [0, 0.1) is 5.41 Å². The zero-order valence-corrected chi connectivity index (χ0v) is 28.0. The molecule has 2 N–H and O–H groups in total. The first-order valence-electron chi connectivity index (χ1n) is 14.4. The molecule has 0 amide bonds. The highest BCUT2D eigenvalue weighted by Gasteiger charge is 2.27. The minimum atomic E-state index is -4.02. The molecule has 1 aliphatic heterocycles. The molecular weight excluding hydrogens is 637 g/mol. The molecule has 1 aromatic heterocycles. The molecule has 234 valence electrons. The Balaban J connectivity index is 1.40. The van der Waals surface area contributed by atoms with Crippen LogP contribution in [-0.2, 0) is 26.8 Å². The summed E-state index contributed by atoms with van der Waals surface area (Å²) in [5.74, 6) is -0.560. The van der Waals surface area contributed by atoms with E-state index in [-0.39, 0.29) is 16.9 Å². The summed E-state index contributed by atoms with van der Waals surface area (Å²) in [5, 5.41) is 2.04. The van der Waals surface area contributed by atoms with Gasteiger partial charge in [-0.15, -0.1) is 0 Å². The van der Waals surface area contributed by atoms with E-state index in [9.17, 15) is 25.9 Å². The Bertz CT molecular complexity index is 1890. The van der Waals surface area contributed by atoms with Crippen molar-refractivity contribution in [3.63, 3.8) is 0 Å². The maximum atomic E-state index is 11.3. The Hall–Kier alpha value is -2.74. The summed E-state index contributed by atoms with van der Waals surface area (Å²) in [6.45, 7) is 5.47. The highest BCUT2D eigenvalue weighted by Crippen LogP contribution is 2.46. The van der Waals surface area contributed by atoms with E-state index in [0.717, 1.165) is 43.7 Å². The molecule has 5 rings (SSSR count). The molecule has 0 spiro atoms. The summed E-state index contributed by atoms with van der Waals surface area (Å²) < 4.78 is 67.0. The number of benzene rings is 2. The molecule has 0 saturated heterocycles. The van der Waals surface area contributed by atoms with Gasteiger partial charge in [0.1, 0.15) is 4.70 Å². The molecule has 2 aliphatic rings. The van der Waals surface area contributed by atoms with E-state index in [4.69, 9.17) is 0 Å². The molecular formula is C32H37N2O6S4+. The molecule has 0 fully saturated rings. The molecule has 44 heavy (non-hydrogen) atoms. The molecule has 1 aliphatic carbocycles. The number of thiazole rings is 1. The number of thioether (sulfide) groups is 1. The fraction of sp³-hybridized carbons (Fsp3) is 0.344. The van der Waals surface area contributed by atoms with Gasteiger partial charge < -0.3 is 4.90 Å². The van der Waals surface area contributed by atoms with Crippen molar-refractivity contribution in [1.29, 1.82) is 0 Å². The second kappa shape index (κ2) is 13.3. The fourth-order valence-corrected chi connectivity index (χ4v) is 8.98. The first kappa shape index (κ1) is 32.6. The van der Waals surface area contributed by atoms with Gasteiger partial charge >= 0.3 is 0 Å². The Morgan fingerprint density at radius 3 is 2.43 bits per heavy atom. The van der Waals surface area contributed by atoms with Crippen LogP contribution in [0.4, 0.5) is 5.69 Å². The molecule has 0 saturated carbocycles. The highest BCUT2D eigenvalue weighted by molar-refractivity contribution is 8.03. The second-order valence-corrected chi connectivity index (χ2v) is 17.1. The molecule has 0 radical (unpaired) electrons. The van der Waals surface area contributed by atoms with Crippen LogP contribution in [0.15, 0.2) is 93.9 Å². The quantitative estimate of drug-likeness (QED) is 0.167. The predicted molar refractivity (Wildman–Crippen MR) is 180 cm³/mol. The van der Waals surface area contributed by atoms with Crippen LogP contribution in [0.1, 0.15) is 44.5 Å². The third kappa shape index (κ3) is 8.70. The van der Waals surface area contributed by atoms with Gasteiger partial charge in [0.2, 0.25) is 5.52 Å². The van der Waals surface area contributed by atoms with Gasteiger partial charge in [-0.2, -0.15) is 21.4 Å². The number of aromatic nitrogens is 1. The van der Waals surface area contributed by atoms with Crippen molar-refractivity contribution in [2.45, 2.75) is 51.0 Å². The maximum absolute atomic E-state index is 11.3. The molecule has 12 heteroatoms. The van der Waals surface area contributed by atoms with Crippen molar-refractivity contribution in [3.05, 3.63) is 94.0 Å². The average molecular weight is 674 g/mol. The van der Waals surface area contributed by atoms with E-state index in [0.29, 0.717) is 25.9 Å². The summed E-state index contributed by atoms with van der Waals surface area (Å²) >= 11 is 3.31. The summed E-state index contributed by atoms with van der Waals surface area (Å²) in [5.41, 5.74) is 4.51. The Morgan fingerprint density at radius 1 is 0.955 bits per heavy atom. The number of hydrogen-bond acceptors (Lipinski definition) is 7. The number of rotatable bonds is 11. The lowest BCUT2D eigenvalue weighted by atomic mass is 9.75. The zero-order chi connectivity index (χ0) is 31.5. The van der Waals surface area contributed by atoms with Crippen LogP contribution in [0.5, 0.6) is 0 Å². The third-order valence-corrected chi connectivity index (χ3v) is 11.3. The third-order valence-electron chi connectivity index (χ3n) is 7.44. The largest absolute Gasteiger partial charge is 0.335 e. The zero-order valence-electron chi connectivity index (χ0n) is 24.7. The monoisotopic (exact) mass is 673 g/mol. The molecule has 2 aromatic carbocycles. The van der Waals surface area contributed by atoms with Crippen molar-refractivity contribution in [3.8, 4) is 0 Å². The summed E-state index contributed by atoms with van der Waals surface area (Å²) in [6, 6.07) is 16.1. The lowest BCUT2D eigenvalue weighted by Crippen LogP contribution is -2.36. The van der Waals surface area contributed by atoms with Crippen molar-refractivity contribution >= 4 is 65.3 Å². The van der Waals surface area contributed by atoms with E-state index in [1.165, 1.54) is 11.1 Å². The van der Waals surface area contributed by atoms with E-state index in [2.05, 4.69) is 53.7 Å². The van der Waals surface area contributed by atoms with E-state index in [1.54, 1.807) is 23.1 Å². The molecule has 8 nitrogen and oxygen atoms in total.